The highest BCUT2D eigenvalue weighted by atomic mass is 16.5. The molecule has 158 valence electrons. The van der Waals surface area contributed by atoms with E-state index in [-0.39, 0.29) is 30.5 Å². The summed E-state index contributed by atoms with van der Waals surface area (Å²) in [4.78, 5) is 12.4. The van der Waals surface area contributed by atoms with Crippen LogP contribution in [0.15, 0.2) is 48.5 Å². The van der Waals surface area contributed by atoms with E-state index in [1.807, 2.05) is 62.4 Å². The summed E-state index contributed by atoms with van der Waals surface area (Å²) in [6.07, 6.45) is 4.76. The molecule has 0 spiro atoms. The van der Waals surface area contributed by atoms with Crippen molar-refractivity contribution in [3.05, 3.63) is 59.7 Å². The lowest BCUT2D eigenvalue weighted by Crippen LogP contribution is -2.15. The van der Waals surface area contributed by atoms with Gasteiger partial charge in [-0.1, -0.05) is 36.1 Å². The van der Waals surface area contributed by atoms with E-state index in [0.29, 0.717) is 11.5 Å². The van der Waals surface area contributed by atoms with E-state index in [2.05, 4.69) is 11.8 Å². The topological polar surface area (TPSA) is 44.8 Å². The number of benzene rings is 2. The zero-order valence-corrected chi connectivity index (χ0v) is 18.0. The predicted octanol–water partition coefficient (Wildman–Crippen LogP) is 5.49. The zero-order chi connectivity index (χ0) is 21.3. The maximum Gasteiger partial charge on any atom is 0.307 e. The van der Waals surface area contributed by atoms with Gasteiger partial charge in [0.1, 0.15) is 0 Å². The van der Waals surface area contributed by atoms with Crippen LogP contribution in [0.2, 0.25) is 0 Å². The van der Waals surface area contributed by atoms with Gasteiger partial charge in [0, 0.05) is 5.56 Å². The minimum Gasteiger partial charge on any atom is -0.493 e. The fraction of sp³-hybridized carbons (Fsp3) is 0.423. The first-order valence-corrected chi connectivity index (χ1v) is 10.7. The standard InChI is InChI=1S/C26H30O4/c1-19(2)29-26(27)18-22(14-13-20-9-5-4-6-10-20)21-15-16-24(28-3)25(17-21)30-23-11-7-8-12-23/h4-6,9-10,15-17,19,22-23H,7-8,11-12,18H2,1-3H3. The SMILES string of the molecule is COc1ccc(C(C#Cc2ccccc2)CC(=O)OC(C)C)cc1OC1CCCC1. The molecule has 0 bridgehead atoms. The largest absolute Gasteiger partial charge is 0.493 e. The third-order valence-corrected chi connectivity index (χ3v) is 5.09. The summed E-state index contributed by atoms with van der Waals surface area (Å²) < 4.78 is 17.1. The molecule has 1 aliphatic carbocycles. The van der Waals surface area contributed by atoms with E-state index < -0.39 is 0 Å². The average Bonchev–Trinajstić information content (AvgIpc) is 3.24. The average molecular weight is 407 g/mol. The Labute approximate surface area is 179 Å². The Morgan fingerprint density at radius 1 is 1.07 bits per heavy atom. The van der Waals surface area contributed by atoms with Crippen molar-refractivity contribution in [3.8, 4) is 23.3 Å². The van der Waals surface area contributed by atoms with Crippen LogP contribution >= 0.6 is 0 Å². The molecular weight excluding hydrogens is 376 g/mol. The molecule has 0 aliphatic heterocycles. The van der Waals surface area contributed by atoms with Crippen LogP contribution in [0.25, 0.3) is 0 Å². The molecule has 0 amide bonds. The first-order chi connectivity index (χ1) is 14.5. The van der Waals surface area contributed by atoms with Crippen LogP contribution in [0.3, 0.4) is 0 Å². The molecule has 4 nitrogen and oxygen atoms in total. The molecule has 1 unspecified atom stereocenters. The fourth-order valence-corrected chi connectivity index (χ4v) is 3.61. The normalized spacial score (nSPS) is 14.7. The summed E-state index contributed by atoms with van der Waals surface area (Å²) in [5, 5.41) is 0. The fourth-order valence-electron chi connectivity index (χ4n) is 3.61. The molecule has 0 radical (unpaired) electrons. The van der Waals surface area contributed by atoms with Gasteiger partial charge < -0.3 is 14.2 Å². The van der Waals surface area contributed by atoms with E-state index >= 15 is 0 Å². The van der Waals surface area contributed by atoms with Crippen molar-refractivity contribution in [2.24, 2.45) is 0 Å². The van der Waals surface area contributed by atoms with Gasteiger partial charge in [0.05, 0.1) is 31.7 Å². The Kier molecular flexibility index (Phi) is 7.79. The number of esters is 1. The quantitative estimate of drug-likeness (QED) is 0.450. The summed E-state index contributed by atoms with van der Waals surface area (Å²) in [6.45, 7) is 3.70. The maximum atomic E-state index is 12.4. The van der Waals surface area contributed by atoms with Crippen molar-refractivity contribution in [2.75, 3.05) is 7.11 Å². The Morgan fingerprint density at radius 2 is 1.80 bits per heavy atom. The molecule has 2 aromatic rings. The van der Waals surface area contributed by atoms with Gasteiger partial charge in [-0.05, 0) is 69.4 Å². The van der Waals surface area contributed by atoms with Gasteiger partial charge in [0.15, 0.2) is 11.5 Å². The molecule has 2 aromatic carbocycles. The van der Waals surface area contributed by atoms with Crippen LogP contribution in [-0.2, 0) is 9.53 Å². The second-order valence-electron chi connectivity index (χ2n) is 7.87. The van der Waals surface area contributed by atoms with Gasteiger partial charge in [-0.15, -0.1) is 0 Å². The van der Waals surface area contributed by atoms with Gasteiger partial charge >= 0.3 is 5.97 Å². The first-order valence-electron chi connectivity index (χ1n) is 10.7. The lowest BCUT2D eigenvalue weighted by atomic mass is 9.95. The summed E-state index contributed by atoms with van der Waals surface area (Å²) in [5.41, 5.74) is 1.84. The number of hydrogen-bond donors (Lipinski definition) is 0. The van der Waals surface area contributed by atoms with Crippen LogP contribution in [-0.4, -0.2) is 25.3 Å². The number of methoxy groups -OCH3 is 1. The molecule has 3 rings (SSSR count). The van der Waals surface area contributed by atoms with Crippen LogP contribution in [0, 0.1) is 11.8 Å². The van der Waals surface area contributed by atoms with Crippen molar-refractivity contribution in [3.63, 3.8) is 0 Å². The summed E-state index contributed by atoms with van der Waals surface area (Å²) in [5.74, 6) is 7.32. The van der Waals surface area contributed by atoms with Gasteiger partial charge in [0.2, 0.25) is 0 Å². The van der Waals surface area contributed by atoms with Gasteiger partial charge in [-0.25, -0.2) is 0 Å². The lowest BCUT2D eigenvalue weighted by Gasteiger charge is -2.19. The van der Waals surface area contributed by atoms with Crippen LogP contribution in [0.1, 0.15) is 63.0 Å². The third kappa shape index (κ3) is 6.29. The molecule has 1 aliphatic rings. The molecular formula is C26H30O4. The molecule has 1 fully saturated rings. The van der Waals surface area contributed by atoms with Crippen LogP contribution in [0.4, 0.5) is 0 Å². The monoisotopic (exact) mass is 406 g/mol. The van der Waals surface area contributed by atoms with Gasteiger partial charge in [-0.2, -0.15) is 0 Å². The van der Waals surface area contributed by atoms with Gasteiger partial charge in [0.25, 0.3) is 0 Å². The molecule has 0 heterocycles. The lowest BCUT2D eigenvalue weighted by molar-refractivity contribution is -0.147. The van der Waals surface area contributed by atoms with Crippen molar-refractivity contribution >= 4 is 5.97 Å². The Balaban J connectivity index is 1.89. The second kappa shape index (κ2) is 10.7. The van der Waals surface area contributed by atoms with E-state index in [4.69, 9.17) is 14.2 Å². The highest BCUT2D eigenvalue weighted by molar-refractivity contribution is 5.71. The number of carbonyl (C=O) groups is 1. The van der Waals surface area contributed by atoms with Crippen molar-refractivity contribution in [1.29, 1.82) is 0 Å². The Morgan fingerprint density at radius 3 is 2.47 bits per heavy atom. The third-order valence-electron chi connectivity index (χ3n) is 5.09. The number of hydrogen-bond acceptors (Lipinski definition) is 4. The molecule has 0 saturated heterocycles. The molecule has 0 N–H and O–H groups in total. The predicted molar refractivity (Wildman–Crippen MR) is 118 cm³/mol. The molecule has 4 heteroatoms. The highest BCUT2D eigenvalue weighted by Crippen LogP contribution is 2.35. The van der Waals surface area contributed by atoms with E-state index in [1.54, 1.807) is 7.11 Å². The van der Waals surface area contributed by atoms with Gasteiger partial charge in [-0.3, -0.25) is 4.79 Å². The van der Waals surface area contributed by atoms with Crippen LogP contribution in [0.5, 0.6) is 11.5 Å². The smallest absolute Gasteiger partial charge is 0.307 e. The minimum atomic E-state index is -0.298. The van der Waals surface area contributed by atoms with E-state index in [1.165, 1.54) is 12.8 Å². The summed E-state index contributed by atoms with van der Waals surface area (Å²) in [6, 6.07) is 15.6. The Hall–Kier alpha value is -2.93. The van der Waals surface area contributed by atoms with Crippen molar-refractivity contribution in [2.45, 2.75) is 64.1 Å². The minimum absolute atomic E-state index is 0.155. The number of ether oxygens (including phenoxy) is 3. The molecule has 1 atom stereocenters. The zero-order valence-electron chi connectivity index (χ0n) is 18.0. The second-order valence-corrected chi connectivity index (χ2v) is 7.87. The van der Waals surface area contributed by atoms with Crippen LogP contribution < -0.4 is 9.47 Å². The number of carbonyl (C=O) groups excluding carboxylic acids is 1. The van der Waals surface area contributed by atoms with E-state index in [0.717, 1.165) is 24.0 Å². The van der Waals surface area contributed by atoms with Crippen molar-refractivity contribution in [1.82, 2.24) is 0 Å². The summed E-state index contributed by atoms with van der Waals surface area (Å²) >= 11 is 0. The first kappa shape index (κ1) is 21.8. The maximum absolute atomic E-state index is 12.4. The molecule has 0 aromatic heterocycles. The Bertz CT molecular complexity index is 886. The highest BCUT2D eigenvalue weighted by Gasteiger charge is 2.21. The summed E-state index contributed by atoms with van der Waals surface area (Å²) in [7, 11) is 1.64. The van der Waals surface area contributed by atoms with E-state index in [9.17, 15) is 4.79 Å². The van der Waals surface area contributed by atoms with Crippen molar-refractivity contribution < 1.29 is 19.0 Å². The number of rotatable bonds is 7. The molecule has 30 heavy (non-hydrogen) atoms. The molecule has 1 saturated carbocycles.